The van der Waals surface area contributed by atoms with Crippen molar-refractivity contribution in [2.24, 2.45) is 0 Å². The highest BCUT2D eigenvalue weighted by Crippen LogP contribution is 2.30. The molecular formula is C18H20O5. The zero-order chi connectivity index (χ0) is 16.8. The van der Waals surface area contributed by atoms with E-state index >= 15 is 0 Å². The van der Waals surface area contributed by atoms with Crippen molar-refractivity contribution in [3.63, 3.8) is 0 Å². The van der Waals surface area contributed by atoms with E-state index in [0.29, 0.717) is 22.8 Å². The minimum Gasteiger partial charge on any atom is -0.497 e. The molecule has 2 aromatic rings. The highest BCUT2D eigenvalue weighted by Gasteiger charge is 2.28. The Balaban J connectivity index is 2.24. The average Bonchev–Trinajstić information content (AvgIpc) is 2.59. The summed E-state index contributed by atoms with van der Waals surface area (Å²) < 4.78 is 16.0. The first-order valence-electron chi connectivity index (χ1n) is 7.19. The molecule has 1 N–H and O–H groups in total. The molecule has 0 radical (unpaired) electrons. The van der Waals surface area contributed by atoms with Gasteiger partial charge in [-0.3, -0.25) is 4.79 Å². The summed E-state index contributed by atoms with van der Waals surface area (Å²) in [5.74, 6) is 1.30. The third kappa shape index (κ3) is 4.02. The van der Waals surface area contributed by atoms with Crippen molar-refractivity contribution in [3.05, 3.63) is 54.1 Å². The molecule has 2 unspecified atom stereocenters. The number of rotatable bonds is 7. The molecule has 0 aromatic heterocycles. The fraction of sp³-hybridized carbons (Fsp3) is 0.278. The Morgan fingerprint density at radius 3 is 2.09 bits per heavy atom. The van der Waals surface area contributed by atoms with E-state index in [-0.39, 0.29) is 5.78 Å². The van der Waals surface area contributed by atoms with Gasteiger partial charge in [0.2, 0.25) is 0 Å². The van der Waals surface area contributed by atoms with Crippen molar-refractivity contribution < 1.29 is 24.1 Å². The molecular weight excluding hydrogens is 296 g/mol. The number of carbonyl (C=O) groups excluding carboxylic acids is 1. The third-order valence-electron chi connectivity index (χ3n) is 3.47. The van der Waals surface area contributed by atoms with Crippen LogP contribution < -0.4 is 14.2 Å². The van der Waals surface area contributed by atoms with Crippen molar-refractivity contribution in [1.82, 2.24) is 0 Å². The number of hydrogen-bond acceptors (Lipinski definition) is 5. The van der Waals surface area contributed by atoms with Crippen LogP contribution in [0.3, 0.4) is 0 Å². The van der Waals surface area contributed by atoms with E-state index in [1.165, 1.54) is 14.0 Å². The molecule has 0 fully saturated rings. The van der Waals surface area contributed by atoms with Crippen LogP contribution in [0, 0.1) is 0 Å². The van der Waals surface area contributed by atoms with E-state index in [9.17, 15) is 9.90 Å². The highest BCUT2D eigenvalue weighted by molar-refractivity contribution is 5.81. The molecule has 2 atom stereocenters. The summed E-state index contributed by atoms with van der Waals surface area (Å²) in [6.07, 6.45) is -2.12. The molecule has 2 aromatic carbocycles. The monoisotopic (exact) mass is 316 g/mol. The topological polar surface area (TPSA) is 65.0 Å². The Bertz CT molecular complexity index is 651. The number of Topliss-reactive ketones (excluding diaryl/α,β-unsaturated/α-hetero) is 1. The molecule has 0 saturated heterocycles. The molecule has 0 spiro atoms. The Kier molecular flexibility index (Phi) is 5.60. The molecule has 0 saturated carbocycles. The van der Waals surface area contributed by atoms with Gasteiger partial charge in [-0.25, -0.2) is 0 Å². The largest absolute Gasteiger partial charge is 0.497 e. The summed E-state index contributed by atoms with van der Waals surface area (Å²) in [6, 6.07) is 13.8. The molecule has 5 heteroatoms. The van der Waals surface area contributed by atoms with Crippen molar-refractivity contribution in [2.45, 2.75) is 19.1 Å². The lowest BCUT2D eigenvalue weighted by molar-refractivity contribution is -0.128. The number of hydrogen-bond donors (Lipinski definition) is 1. The van der Waals surface area contributed by atoms with Crippen molar-refractivity contribution in [3.8, 4) is 17.2 Å². The Morgan fingerprint density at radius 2 is 1.57 bits per heavy atom. The van der Waals surface area contributed by atoms with Crippen molar-refractivity contribution in [1.29, 1.82) is 0 Å². The number of benzene rings is 2. The fourth-order valence-electron chi connectivity index (χ4n) is 2.20. The smallest absolute Gasteiger partial charge is 0.186 e. The lowest BCUT2D eigenvalue weighted by Crippen LogP contribution is -2.32. The molecule has 122 valence electrons. The Hall–Kier alpha value is -2.53. The van der Waals surface area contributed by atoms with Crippen LogP contribution in [0.5, 0.6) is 17.2 Å². The zero-order valence-electron chi connectivity index (χ0n) is 13.4. The third-order valence-corrected chi connectivity index (χ3v) is 3.47. The van der Waals surface area contributed by atoms with Gasteiger partial charge in [-0.1, -0.05) is 24.3 Å². The number of aliphatic hydroxyl groups is 1. The maximum absolute atomic E-state index is 11.9. The molecule has 5 nitrogen and oxygen atoms in total. The second-order valence-corrected chi connectivity index (χ2v) is 5.02. The number of para-hydroxylation sites is 2. The van der Waals surface area contributed by atoms with Crippen LogP contribution in [-0.4, -0.2) is 31.2 Å². The van der Waals surface area contributed by atoms with Gasteiger partial charge in [-0.05, 0) is 36.8 Å². The van der Waals surface area contributed by atoms with Crippen LogP contribution in [0.4, 0.5) is 0 Å². The molecule has 0 aliphatic carbocycles. The minimum atomic E-state index is -1.09. The maximum Gasteiger partial charge on any atom is 0.186 e. The normalized spacial score (nSPS) is 13.0. The van der Waals surface area contributed by atoms with E-state index in [1.54, 1.807) is 55.6 Å². The zero-order valence-corrected chi connectivity index (χ0v) is 13.4. The van der Waals surface area contributed by atoms with Gasteiger partial charge in [0.1, 0.15) is 11.9 Å². The number of methoxy groups -OCH3 is 2. The van der Waals surface area contributed by atoms with Crippen LogP contribution in [0.1, 0.15) is 18.6 Å². The lowest BCUT2D eigenvalue weighted by atomic mass is 10.0. The highest BCUT2D eigenvalue weighted by atomic mass is 16.5. The van der Waals surface area contributed by atoms with Crippen LogP contribution in [0.2, 0.25) is 0 Å². The van der Waals surface area contributed by atoms with Crippen LogP contribution in [0.25, 0.3) is 0 Å². The van der Waals surface area contributed by atoms with Crippen LogP contribution in [-0.2, 0) is 4.79 Å². The average molecular weight is 316 g/mol. The SMILES string of the molecule is COc1ccc(C(O)C(Oc2ccccc2OC)C(C)=O)cc1. The molecule has 2 rings (SSSR count). The standard InChI is InChI=1S/C18H20O5/c1-12(19)18(23-16-7-5-4-6-15(16)22-3)17(20)13-8-10-14(21-2)11-9-13/h4-11,17-18,20H,1-3H3. The van der Waals surface area contributed by atoms with Gasteiger partial charge < -0.3 is 19.3 Å². The summed E-state index contributed by atoms with van der Waals surface area (Å²) in [4.78, 5) is 11.9. The first-order valence-corrected chi connectivity index (χ1v) is 7.19. The predicted octanol–water partition coefficient (Wildman–Crippen LogP) is 2.77. The molecule has 0 heterocycles. The number of carbonyl (C=O) groups is 1. The predicted molar refractivity (Wildman–Crippen MR) is 86.0 cm³/mol. The minimum absolute atomic E-state index is 0.278. The fourth-order valence-corrected chi connectivity index (χ4v) is 2.20. The molecule has 0 bridgehead atoms. The molecule has 0 amide bonds. The van der Waals surface area contributed by atoms with E-state index in [4.69, 9.17) is 14.2 Å². The van der Waals surface area contributed by atoms with Gasteiger partial charge in [0.25, 0.3) is 0 Å². The summed E-state index contributed by atoms with van der Waals surface area (Å²) in [6.45, 7) is 1.38. The van der Waals surface area contributed by atoms with Gasteiger partial charge >= 0.3 is 0 Å². The van der Waals surface area contributed by atoms with Crippen LogP contribution in [0.15, 0.2) is 48.5 Å². The van der Waals surface area contributed by atoms with Crippen molar-refractivity contribution in [2.75, 3.05) is 14.2 Å². The van der Waals surface area contributed by atoms with Gasteiger partial charge in [0.15, 0.2) is 23.4 Å². The van der Waals surface area contributed by atoms with Gasteiger partial charge in [-0.15, -0.1) is 0 Å². The van der Waals surface area contributed by atoms with Gasteiger partial charge in [0, 0.05) is 0 Å². The van der Waals surface area contributed by atoms with E-state index in [1.807, 2.05) is 0 Å². The summed E-state index contributed by atoms with van der Waals surface area (Å²) >= 11 is 0. The quantitative estimate of drug-likeness (QED) is 0.851. The van der Waals surface area contributed by atoms with Gasteiger partial charge in [-0.2, -0.15) is 0 Å². The summed E-state index contributed by atoms with van der Waals surface area (Å²) in [7, 11) is 3.08. The lowest BCUT2D eigenvalue weighted by Gasteiger charge is -2.23. The van der Waals surface area contributed by atoms with E-state index < -0.39 is 12.2 Å². The molecule has 0 aliphatic rings. The number of aliphatic hydroxyl groups excluding tert-OH is 1. The van der Waals surface area contributed by atoms with Crippen LogP contribution >= 0.6 is 0 Å². The number of ether oxygens (including phenoxy) is 3. The van der Waals surface area contributed by atoms with E-state index in [2.05, 4.69) is 0 Å². The van der Waals surface area contributed by atoms with E-state index in [0.717, 1.165) is 0 Å². The first-order chi connectivity index (χ1) is 11.1. The number of ketones is 1. The summed E-state index contributed by atoms with van der Waals surface area (Å²) in [5.41, 5.74) is 0.570. The Morgan fingerprint density at radius 1 is 0.957 bits per heavy atom. The second-order valence-electron chi connectivity index (χ2n) is 5.02. The summed E-state index contributed by atoms with van der Waals surface area (Å²) in [5, 5.41) is 10.5. The molecule has 23 heavy (non-hydrogen) atoms. The first kappa shape index (κ1) is 16.8. The van der Waals surface area contributed by atoms with Gasteiger partial charge in [0.05, 0.1) is 14.2 Å². The molecule has 0 aliphatic heterocycles. The Labute approximate surface area is 135 Å². The van der Waals surface area contributed by atoms with Crippen molar-refractivity contribution >= 4 is 5.78 Å². The second kappa shape index (κ2) is 7.65. The maximum atomic E-state index is 11.9.